The van der Waals surface area contributed by atoms with Gasteiger partial charge in [-0.15, -0.1) is 0 Å². The average Bonchev–Trinajstić information content (AvgIpc) is 2.63. The number of esters is 1. The van der Waals surface area contributed by atoms with Crippen molar-refractivity contribution in [2.45, 2.75) is 72.5 Å². The van der Waals surface area contributed by atoms with Gasteiger partial charge in [-0.05, 0) is 58.7 Å². The zero-order valence-corrected chi connectivity index (χ0v) is 17.4. The summed E-state index contributed by atoms with van der Waals surface area (Å²) in [5.41, 5.74) is -0.121. The van der Waals surface area contributed by atoms with Gasteiger partial charge in [0.15, 0.2) is 0 Å². The molecule has 1 rings (SSSR count). The maximum Gasteiger partial charge on any atom is 0.341 e. The van der Waals surface area contributed by atoms with Crippen molar-refractivity contribution in [3.63, 3.8) is 0 Å². The van der Waals surface area contributed by atoms with Gasteiger partial charge in [0.1, 0.15) is 16.9 Å². The van der Waals surface area contributed by atoms with E-state index in [0.29, 0.717) is 30.0 Å². The molecule has 0 bridgehead atoms. The summed E-state index contributed by atoms with van der Waals surface area (Å²) in [4.78, 5) is 25.1. The number of hydrogen-bond donors (Lipinski definition) is 1. The quantitative estimate of drug-likeness (QED) is 0.570. The SMILES string of the molecule is CCCC(C)(OCC)C(=O)Nc1ccc(OC(C)CC)c(C(=O)OCC)c1. The number of ether oxygens (including phenoxy) is 3. The van der Waals surface area contributed by atoms with Crippen LogP contribution in [0.2, 0.25) is 0 Å². The van der Waals surface area contributed by atoms with Crippen LogP contribution in [0.25, 0.3) is 0 Å². The van der Waals surface area contributed by atoms with Crippen LogP contribution in [0.15, 0.2) is 18.2 Å². The van der Waals surface area contributed by atoms with Crippen molar-refractivity contribution in [2.75, 3.05) is 18.5 Å². The molecule has 152 valence electrons. The Bertz CT molecular complexity index is 623. The third-order valence-electron chi connectivity index (χ3n) is 4.31. The van der Waals surface area contributed by atoms with E-state index in [0.717, 1.165) is 12.8 Å². The summed E-state index contributed by atoms with van der Waals surface area (Å²) in [5, 5.41) is 2.86. The summed E-state index contributed by atoms with van der Waals surface area (Å²) >= 11 is 0. The highest BCUT2D eigenvalue weighted by Crippen LogP contribution is 2.27. The molecule has 27 heavy (non-hydrogen) atoms. The molecule has 0 aliphatic carbocycles. The largest absolute Gasteiger partial charge is 0.490 e. The van der Waals surface area contributed by atoms with Crippen molar-refractivity contribution >= 4 is 17.6 Å². The minimum absolute atomic E-state index is 0.0376. The van der Waals surface area contributed by atoms with E-state index in [9.17, 15) is 9.59 Å². The number of carbonyl (C=O) groups excluding carboxylic acids is 2. The van der Waals surface area contributed by atoms with Crippen LogP contribution in [0.3, 0.4) is 0 Å². The Hall–Kier alpha value is -2.08. The molecule has 1 aromatic rings. The minimum atomic E-state index is -0.917. The molecular formula is C21H33NO5. The molecule has 2 atom stereocenters. The van der Waals surface area contributed by atoms with Gasteiger partial charge in [-0.25, -0.2) is 4.79 Å². The van der Waals surface area contributed by atoms with E-state index in [2.05, 4.69) is 5.32 Å². The number of anilines is 1. The van der Waals surface area contributed by atoms with Gasteiger partial charge >= 0.3 is 5.97 Å². The van der Waals surface area contributed by atoms with Gasteiger partial charge in [0.05, 0.1) is 12.7 Å². The number of hydrogen-bond acceptors (Lipinski definition) is 5. The Morgan fingerprint density at radius 1 is 1.15 bits per heavy atom. The van der Waals surface area contributed by atoms with E-state index in [1.54, 1.807) is 32.0 Å². The Labute approximate surface area is 162 Å². The predicted octanol–water partition coefficient (Wildman–Crippen LogP) is 4.57. The molecule has 1 aromatic carbocycles. The molecule has 6 nitrogen and oxygen atoms in total. The fraction of sp³-hybridized carbons (Fsp3) is 0.619. The third kappa shape index (κ3) is 6.54. The number of nitrogens with one attached hydrogen (secondary N) is 1. The van der Waals surface area contributed by atoms with Crippen LogP contribution in [0, 0.1) is 0 Å². The topological polar surface area (TPSA) is 73.9 Å². The lowest BCUT2D eigenvalue weighted by molar-refractivity contribution is -0.139. The zero-order valence-electron chi connectivity index (χ0n) is 17.4. The summed E-state index contributed by atoms with van der Waals surface area (Å²) in [7, 11) is 0. The van der Waals surface area contributed by atoms with Gasteiger partial charge in [-0.3, -0.25) is 4.79 Å². The molecule has 1 N–H and O–H groups in total. The minimum Gasteiger partial charge on any atom is -0.490 e. The van der Waals surface area contributed by atoms with Crippen molar-refractivity contribution in [1.29, 1.82) is 0 Å². The van der Waals surface area contributed by atoms with Gasteiger partial charge < -0.3 is 19.5 Å². The molecule has 0 heterocycles. The summed E-state index contributed by atoms with van der Waals surface area (Å²) in [6, 6.07) is 4.99. The molecule has 0 spiro atoms. The van der Waals surface area contributed by atoms with Crippen LogP contribution in [0.1, 0.15) is 71.2 Å². The Balaban J connectivity index is 3.12. The maximum absolute atomic E-state index is 12.7. The van der Waals surface area contributed by atoms with E-state index in [4.69, 9.17) is 14.2 Å². The predicted molar refractivity (Wildman–Crippen MR) is 106 cm³/mol. The van der Waals surface area contributed by atoms with Crippen LogP contribution in [-0.4, -0.2) is 36.8 Å². The maximum atomic E-state index is 12.7. The summed E-state index contributed by atoms with van der Waals surface area (Å²) in [6.45, 7) is 12.0. The van der Waals surface area contributed by atoms with Crippen molar-refractivity contribution in [2.24, 2.45) is 0 Å². The molecule has 0 fully saturated rings. The van der Waals surface area contributed by atoms with Gasteiger partial charge in [0.25, 0.3) is 5.91 Å². The highest BCUT2D eigenvalue weighted by atomic mass is 16.5. The van der Waals surface area contributed by atoms with Crippen LogP contribution in [-0.2, 0) is 14.3 Å². The summed E-state index contributed by atoms with van der Waals surface area (Å²) in [6.07, 6.45) is 2.20. The molecule has 2 unspecified atom stereocenters. The molecule has 0 aromatic heterocycles. The lowest BCUT2D eigenvalue weighted by atomic mass is 9.99. The molecule has 0 aliphatic heterocycles. The molecule has 0 saturated heterocycles. The smallest absolute Gasteiger partial charge is 0.341 e. The Kier molecular flexibility index (Phi) is 9.29. The Morgan fingerprint density at radius 3 is 2.41 bits per heavy atom. The lowest BCUT2D eigenvalue weighted by Crippen LogP contribution is -2.42. The number of rotatable bonds is 11. The molecule has 0 radical (unpaired) electrons. The monoisotopic (exact) mass is 379 g/mol. The number of benzene rings is 1. The third-order valence-corrected chi connectivity index (χ3v) is 4.31. The van der Waals surface area contributed by atoms with Crippen LogP contribution >= 0.6 is 0 Å². The summed E-state index contributed by atoms with van der Waals surface area (Å²) < 4.78 is 16.6. The second-order valence-corrected chi connectivity index (χ2v) is 6.64. The van der Waals surface area contributed by atoms with Crippen molar-refractivity contribution in [1.82, 2.24) is 0 Å². The first-order valence-electron chi connectivity index (χ1n) is 9.74. The van der Waals surface area contributed by atoms with Crippen LogP contribution < -0.4 is 10.1 Å². The van der Waals surface area contributed by atoms with Crippen molar-refractivity contribution < 1.29 is 23.8 Å². The zero-order chi connectivity index (χ0) is 20.4. The van der Waals surface area contributed by atoms with Crippen LogP contribution in [0.4, 0.5) is 5.69 Å². The first-order chi connectivity index (χ1) is 12.8. The average molecular weight is 379 g/mol. The second kappa shape index (κ2) is 10.9. The lowest BCUT2D eigenvalue weighted by Gasteiger charge is -2.28. The van der Waals surface area contributed by atoms with Crippen molar-refractivity contribution in [3.05, 3.63) is 23.8 Å². The standard InChI is InChI=1S/C21H33NO5/c1-7-13-21(6,26-10-4)20(24)22-16-11-12-18(27-15(5)8-2)17(14-16)19(23)25-9-3/h11-12,14-15H,7-10,13H2,1-6H3,(H,22,24). The number of carbonyl (C=O) groups is 2. The van der Waals surface area contributed by atoms with Gasteiger partial charge in [0.2, 0.25) is 0 Å². The molecule has 1 amide bonds. The van der Waals surface area contributed by atoms with Gasteiger partial charge in [-0.1, -0.05) is 20.3 Å². The number of amides is 1. The Morgan fingerprint density at radius 2 is 1.85 bits per heavy atom. The van der Waals surface area contributed by atoms with E-state index >= 15 is 0 Å². The first kappa shape index (κ1) is 23.0. The summed E-state index contributed by atoms with van der Waals surface area (Å²) in [5.74, 6) is -0.272. The molecule has 0 saturated carbocycles. The second-order valence-electron chi connectivity index (χ2n) is 6.64. The highest BCUT2D eigenvalue weighted by Gasteiger charge is 2.33. The fourth-order valence-electron chi connectivity index (χ4n) is 2.69. The fourth-order valence-corrected chi connectivity index (χ4v) is 2.69. The normalized spacial score (nSPS) is 14.1. The van der Waals surface area contributed by atoms with Crippen LogP contribution in [0.5, 0.6) is 5.75 Å². The van der Waals surface area contributed by atoms with Gasteiger partial charge in [0, 0.05) is 12.3 Å². The van der Waals surface area contributed by atoms with Crippen molar-refractivity contribution in [3.8, 4) is 5.75 Å². The first-order valence-corrected chi connectivity index (χ1v) is 9.74. The van der Waals surface area contributed by atoms with E-state index in [1.807, 2.05) is 27.7 Å². The molecule has 6 heteroatoms. The molecular weight excluding hydrogens is 346 g/mol. The molecule has 0 aliphatic rings. The van der Waals surface area contributed by atoms with E-state index in [1.165, 1.54) is 0 Å². The van der Waals surface area contributed by atoms with E-state index in [-0.39, 0.29) is 18.6 Å². The highest BCUT2D eigenvalue weighted by molar-refractivity contribution is 5.99. The van der Waals surface area contributed by atoms with E-state index < -0.39 is 11.6 Å². The van der Waals surface area contributed by atoms with Gasteiger partial charge in [-0.2, -0.15) is 0 Å².